The van der Waals surface area contributed by atoms with Gasteiger partial charge in [0.15, 0.2) is 0 Å². The number of carbonyl (C=O) groups is 2. The number of aldehydes is 1. The minimum atomic E-state index is -0.747. The van der Waals surface area contributed by atoms with Gasteiger partial charge in [0, 0.05) is 12.2 Å². The van der Waals surface area contributed by atoms with E-state index in [0.29, 0.717) is 12.2 Å². The minimum Gasteiger partial charge on any atom is -0.460 e. The van der Waals surface area contributed by atoms with E-state index >= 15 is 0 Å². The summed E-state index contributed by atoms with van der Waals surface area (Å²) in [6.07, 6.45) is 11.1. The molecule has 0 saturated carbocycles. The Labute approximate surface area is 156 Å². The van der Waals surface area contributed by atoms with Crippen molar-refractivity contribution in [3.05, 3.63) is 48.0 Å². The third-order valence-electron chi connectivity index (χ3n) is 3.92. The fourth-order valence-corrected chi connectivity index (χ4v) is 3.37. The van der Waals surface area contributed by atoms with Crippen molar-refractivity contribution in [2.75, 3.05) is 5.75 Å². The van der Waals surface area contributed by atoms with E-state index in [9.17, 15) is 9.59 Å². The number of unbranched alkanes of at least 4 members (excludes halogenated alkanes) is 4. The van der Waals surface area contributed by atoms with Gasteiger partial charge < -0.3 is 9.53 Å². The van der Waals surface area contributed by atoms with Gasteiger partial charge in [0.1, 0.15) is 17.6 Å². The molecule has 0 aliphatic carbocycles. The topological polar surface area (TPSA) is 43.4 Å². The SMILES string of the molecule is CCCCCCC=C[C@](C)(SCCC=O)C(=O)OCc1ccccc1. The average molecular weight is 363 g/mol. The maximum atomic E-state index is 12.6. The number of hydrogen-bond acceptors (Lipinski definition) is 4. The summed E-state index contributed by atoms with van der Waals surface area (Å²) >= 11 is 1.47. The summed E-state index contributed by atoms with van der Waals surface area (Å²) < 4.78 is 4.77. The van der Waals surface area contributed by atoms with Crippen LogP contribution in [0.5, 0.6) is 0 Å². The lowest BCUT2D eigenvalue weighted by atomic mass is 10.1. The van der Waals surface area contributed by atoms with E-state index in [1.54, 1.807) is 0 Å². The summed E-state index contributed by atoms with van der Waals surface area (Å²) in [5, 5.41) is 0. The second kappa shape index (κ2) is 12.8. The normalized spacial score (nSPS) is 13.5. The lowest BCUT2D eigenvalue weighted by Gasteiger charge is -2.23. The molecule has 3 nitrogen and oxygen atoms in total. The molecule has 0 aromatic heterocycles. The molecule has 4 heteroatoms. The second-order valence-corrected chi connectivity index (χ2v) is 7.77. The van der Waals surface area contributed by atoms with Gasteiger partial charge in [-0.1, -0.05) is 68.7 Å². The summed E-state index contributed by atoms with van der Waals surface area (Å²) in [5.74, 6) is 0.359. The lowest BCUT2D eigenvalue weighted by Crippen LogP contribution is -2.32. The van der Waals surface area contributed by atoms with Gasteiger partial charge in [-0.05, 0) is 25.3 Å². The Balaban J connectivity index is 2.60. The Morgan fingerprint density at radius 1 is 1.16 bits per heavy atom. The highest BCUT2D eigenvalue weighted by Crippen LogP contribution is 2.29. The highest BCUT2D eigenvalue weighted by Gasteiger charge is 2.32. The number of esters is 1. The first-order valence-electron chi connectivity index (χ1n) is 9.09. The molecule has 0 saturated heterocycles. The van der Waals surface area contributed by atoms with Gasteiger partial charge in [0.25, 0.3) is 0 Å². The predicted molar refractivity (Wildman–Crippen MR) is 106 cm³/mol. The number of rotatable bonds is 13. The summed E-state index contributed by atoms with van der Waals surface area (Å²) in [5.41, 5.74) is 0.972. The molecule has 0 heterocycles. The third kappa shape index (κ3) is 8.92. The molecule has 0 bridgehead atoms. The van der Waals surface area contributed by atoms with Crippen molar-refractivity contribution in [3.63, 3.8) is 0 Å². The van der Waals surface area contributed by atoms with Crippen LogP contribution in [0.3, 0.4) is 0 Å². The molecule has 1 rings (SSSR count). The van der Waals surface area contributed by atoms with Gasteiger partial charge in [-0.15, -0.1) is 11.8 Å². The van der Waals surface area contributed by atoms with E-state index in [2.05, 4.69) is 13.0 Å². The van der Waals surface area contributed by atoms with Crippen LogP contribution >= 0.6 is 11.8 Å². The van der Waals surface area contributed by atoms with E-state index in [4.69, 9.17) is 4.74 Å². The number of allylic oxidation sites excluding steroid dienone is 1. The largest absolute Gasteiger partial charge is 0.460 e. The first-order chi connectivity index (χ1) is 12.1. The van der Waals surface area contributed by atoms with Crippen molar-refractivity contribution in [3.8, 4) is 0 Å². The standard InChI is InChI=1S/C21H30O3S/c1-3-4-5-6-7-11-15-21(2,25-17-12-16-22)20(23)24-18-19-13-9-8-10-14-19/h8-11,13-16H,3-7,12,17-18H2,1-2H3/t21-/m0/s1. The van der Waals surface area contributed by atoms with Crippen LogP contribution in [0.4, 0.5) is 0 Å². The summed E-state index contributed by atoms with van der Waals surface area (Å²) in [4.78, 5) is 23.2. The summed E-state index contributed by atoms with van der Waals surface area (Å²) in [7, 11) is 0. The number of hydrogen-bond donors (Lipinski definition) is 0. The van der Waals surface area contributed by atoms with Crippen LogP contribution in [0.25, 0.3) is 0 Å². The minimum absolute atomic E-state index is 0.253. The molecule has 0 radical (unpaired) electrons. The lowest BCUT2D eigenvalue weighted by molar-refractivity contribution is -0.146. The van der Waals surface area contributed by atoms with Crippen LogP contribution in [-0.4, -0.2) is 22.8 Å². The van der Waals surface area contributed by atoms with E-state index in [1.807, 2.05) is 43.3 Å². The van der Waals surface area contributed by atoms with Crippen LogP contribution in [-0.2, 0) is 20.9 Å². The number of benzene rings is 1. The summed E-state index contributed by atoms with van der Waals surface area (Å²) in [6, 6.07) is 9.67. The van der Waals surface area contributed by atoms with Crippen molar-refractivity contribution in [1.29, 1.82) is 0 Å². The third-order valence-corrected chi connectivity index (χ3v) is 5.26. The van der Waals surface area contributed by atoms with E-state index in [1.165, 1.54) is 31.0 Å². The Morgan fingerprint density at radius 3 is 2.60 bits per heavy atom. The van der Waals surface area contributed by atoms with Crippen LogP contribution in [0, 0.1) is 0 Å². The molecule has 0 N–H and O–H groups in total. The molecule has 25 heavy (non-hydrogen) atoms. The quantitative estimate of drug-likeness (QED) is 0.206. The smallest absolute Gasteiger partial charge is 0.326 e. The highest BCUT2D eigenvalue weighted by molar-refractivity contribution is 8.01. The molecule has 1 aromatic carbocycles. The fraction of sp³-hybridized carbons (Fsp3) is 0.524. The monoisotopic (exact) mass is 362 g/mol. The van der Waals surface area contributed by atoms with Crippen molar-refractivity contribution in [2.45, 2.75) is 63.7 Å². The van der Waals surface area contributed by atoms with Gasteiger partial charge in [0.05, 0.1) is 0 Å². The van der Waals surface area contributed by atoms with E-state index in [-0.39, 0.29) is 12.6 Å². The van der Waals surface area contributed by atoms with E-state index in [0.717, 1.165) is 24.7 Å². The van der Waals surface area contributed by atoms with Crippen LogP contribution in [0.15, 0.2) is 42.5 Å². The first kappa shape index (κ1) is 21.5. The van der Waals surface area contributed by atoms with Gasteiger partial charge in [-0.3, -0.25) is 4.79 Å². The van der Waals surface area contributed by atoms with Crippen LogP contribution in [0.1, 0.15) is 57.9 Å². The predicted octanol–water partition coefficient (Wildman–Crippen LogP) is 5.34. The first-order valence-corrected chi connectivity index (χ1v) is 10.1. The summed E-state index contributed by atoms with van der Waals surface area (Å²) in [6.45, 7) is 4.34. The van der Waals surface area contributed by atoms with E-state index < -0.39 is 4.75 Å². The van der Waals surface area contributed by atoms with Crippen molar-refractivity contribution in [1.82, 2.24) is 0 Å². The van der Waals surface area contributed by atoms with Gasteiger partial charge in [0.2, 0.25) is 0 Å². The van der Waals surface area contributed by atoms with Crippen LogP contribution in [0.2, 0.25) is 0 Å². The molecular weight excluding hydrogens is 332 g/mol. The molecule has 0 spiro atoms. The molecule has 1 atom stereocenters. The number of carbonyl (C=O) groups excluding carboxylic acids is 2. The molecule has 0 unspecified atom stereocenters. The molecule has 138 valence electrons. The Bertz CT molecular complexity index is 527. The molecule has 0 aliphatic rings. The zero-order valence-electron chi connectivity index (χ0n) is 15.4. The highest BCUT2D eigenvalue weighted by atomic mass is 32.2. The van der Waals surface area contributed by atoms with Crippen molar-refractivity contribution >= 4 is 24.0 Å². The van der Waals surface area contributed by atoms with Crippen molar-refractivity contribution < 1.29 is 14.3 Å². The van der Waals surface area contributed by atoms with Gasteiger partial charge >= 0.3 is 5.97 Å². The van der Waals surface area contributed by atoms with Gasteiger partial charge in [-0.25, -0.2) is 0 Å². The number of thioether (sulfide) groups is 1. The molecule has 0 amide bonds. The Hall–Kier alpha value is -1.55. The zero-order valence-corrected chi connectivity index (χ0v) is 16.2. The van der Waals surface area contributed by atoms with Crippen LogP contribution < -0.4 is 0 Å². The Kier molecular flexibility index (Phi) is 11.0. The maximum Gasteiger partial charge on any atom is 0.326 e. The molecule has 0 aliphatic heterocycles. The fourth-order valence-electron chi connectivity index (χ4n) is 2.36. The maximum absolute atomic E-state index is 12.6. The van der Waals surface area contributed by atoms with Gasteiger partial charge in [-0.2, -0.15) is 0 Å². The molecule has 1 aromatic rings. The molecule has 0 fully saturated rings. The second-order valence-electron chi connectivity index (χ2n) is 6.22. The molecular formula is C21H30O3S. The van der Waals surface area contributed by atoms with Crippen molar-refractivity contribution in [2.24, 2.45) is 0 Å². The zero-order chi connectivity index (χ0) is 18.4. The number of ether oxygens (including phenoxy) is 1. The average Bonchev–Trinajstić information content (AvgIpc) is 2.63. The Morgan fingerprint density at radius 2 is 1.92 bits per heavy atom.